The van der Waals surface area contributed by atoms with E-state index in [-0.39, 0.29) is 24.6 Å². The Bertz CT molecular complexity index is 487. The highest BCUT2D eigenvalue weighted by Crippen LogP contribution is 2.21. The van der Waals surface area contributed by atoms with Gasteiger partial charge in [0, 0.05) is 18.6 Å². The molecular formula is C17H26N2O2. The van der Waals surface area contributed by atoms with Crippen LogP contribution in [-0.4, -0.2) is 36.0 Å². The zero-order chi connectivity index (χ0) is 15.4. The summed E-state index contributed by atoms with van der Waals surface area (Å²) in [4.78, 5) is 14.2. The molecule has 1 aromatic rings. The van der Waals surface area contributed by atoms with Crippen LogP contribution in [0.2, 0.25) is 0 Å². The second-order valence-corrected chi connectivity index (χ2v) is 6.24. The summed E-state index contributed by atoms with van der Waals surface area (Å²) in [6, 6.07) is 8.37. The Hall–Kier alpha value is -1.55. The highest BCUT2D eigenvalue weighted by Gasteiger charge is 2.27. The maximum Gasteiger partial charge on any atom is 0.260 e. The molecule has 2 N–H and O–H groups in total. The predicted molar refractivity (Wildman–Crippen MR) is 84.4 cm³/mol. The lowest BCUT2D eigenvalue weighted by atomic mass is 9.99. The minimum absolute atomic E-state index is 0.0457. The summed E-state index contributed by atoms with van der Waals surface area (Å²) in [5, 5.41) is 0. The van der Waals surface area contributed by atoms with Crippen molar-refractivity contribution in [2.45, 2.75) is 51.6 Å². The third-order valence-electron chi connectivity index (χ3n) is 4.12. The monoisotopic (exact) mass is 290 g/mol. The van der Waals surface area contributed by atoms with Crippen LogP contribution >= 0.6 is 0 Å². The van der Waals surface area contributed by atoms with E-state index in [1.54, 1.807) is 0 Å². The average Bonchev–Trinajstić information content (AvgIpc) is 2.45. The van der Waals surface area contributed by atoms with Crippen molar-refractivity contribution in [1.29, 1.82) is 0 Å². The van der Waals surface area contributed by atoms with E-state index < -0.39 is 0 Å². The van der Waals surface area contributed by atoms with Gasteiger partial charge in [-0.15, -0.1) is 0 Å². The van der Waals surface area contributed by atoms with Gasteiger partial charge in [-0.3, -0.25) is 4.79 Å². The number of benzene rings is 1. The Labute approximate surface area is 127 Å². The highest BCUT2D eigenvalue weighted by molar-refractivity contribution is 5.78. The summed E-state index contributed by atoms with van der Waals surface area (Å²) in [5.74, 6) is 1.26. The summed E-state index contributed by atoms with van der Waals surface area (Å²) >= 11 is 0. The van der Waals surface area contributed by atoms with Gasteiger partial charge in [0.05, 0.1) is 0 Å². The smallest absolute Gasteiger partial charge is 0.260 e. The third-order valence-corrected chi connectivity index (χ3v) is 4.12. The maximum absolute atomic E-state index is 12.3. The number of likely N-dealkylation sites (tertiary alicyclic amines) is 1. The number of hydrogen-bond acceptors (Lipinski definition) is 3. The van der Waals surface area contributed by atoms with E-state index in [2.05, 4.69) is 26.8 Å². The van der Waals surface area contributed by atoms with Crippen LogP contribution in [0.1, 0.15) is 45.1 Å². The normalized spacial score (nSPS) is 22.4. The molecule has 4 nitrogen and oxygen atoms in total. The fraction of sp³-hybridized carbons (Fsp3) is 0.588. The minimum atomic E-state index is 0.0457. The molecule has 0 aliphatic carbocycles. The summed E-state index contributed by atoms with van der Waals surface area (Å²) in [7, 11) is 0. The van der Waals surface area contributed by atoms with Gasteiger partial charge in [-0.1, -0.05) is 26.0 Å². The number of carbonyl (C=O) groups is 1. The zero-order valence-electron chi connectivity index (χ0n) is 13.2. The second-order valence-electron chi connectivity index (χ2n) is 6.24. The fourth-order valence-corrected chi connectivity index (χ4v) is 2.77. The molecule has 0 spiro atoms. The molecular weight excluding hydrogens is 264 g/mol. The number of hydrogen-bond donors (Lipinski definition) is 1. The van der Waals surface area contributed by atoms with E-state index in [4.69, 9.17) is 10.5 Å². The van der Waals surface area contributed by atoms with Gasteiger partial charge in [-0.25, -0.2) is 0 Å². The van der Waals surface area contributed by atoms with Gasteiger partial charge in [0.25, 0.3) is 5.91 Å². The molecule has 1 aliphatic heterocycles. The number of carbonyl (C=O) groups excluding carboxylic acids is 1. The first-order valence-corrected chi connectivity index (χ1v) is 7.75. The first kappa shape index (κ1) is 15.8. The van der Waals surface area contributed by atoms with Crippen LogP contribution in [0, 0.1) is 0 Å². The lowest BCUT2D eigenvalue weighted by Gasteiger charge is -2.36. The molecule has 0 bridgehead atoms. The molecule has 1 amide bonds. The van der Waals surface area contributed by atoms with E-state index in [9.17, 15) is 4.79 Å². The second kappa shape index (κ2) is 6.94. The average molecular weight is 290 g/mol. The van der Waals surface area contributed by atoms with Gasteiger partial charge in [0.15, 0.2) is 6.61 Å². The Balaban J connectivity index is 1.90. The molecule has 1 aliphatic rings. The number of nitrogens with two attached hydrogens (primary N) is 1. The van der Waals surface area contributed by atoms with Crippen LogP contribution in [0.15, 0.2) is 24.3 Å². The largest absolute Gasteiger partial charge is 0.484 e. The standard InChI is InChI=1S/C17H26N2O2/c1-12(2)14-5-4-6-16(10-14)21-11-17(20)19-8-7-15(18)9-13(19)3/h4-6,10,12-13,15H,7-9,11,18H2,1-3H3. The van der Waals surface area contributed by atoms with Crippen LogP contribution < -0.4 is 10.5 Å². The van der Waals surface area contributed by atoms with E-state index in [1.807, 2.05) is 23.1 Å². The Morgan fingerprint density at radius 1 is 1.48 bits per heavy atom. The lowest BCUT2D eigenvalue weighted by molar-refractivity contribution is -0.136. The van der Waals surface area contributed by atoms with Crippen LogP contribution in [0.5, 0.6) is 5.75 Å². The molecule has 21 heavy (non-hydrogen) atoms. The minimum Gasteiger partial charge on any atom is -0.484 e. The van der Waals surface area contributed by atoms with Crippen LogP contribution in [0.25, 0.3) is 0 Å². The topological polar surface area (TPSA) is 55.6 Å². The van der Waals surface area contributed by atoms with Crippen LogP contribution in [0.4, 0.5) is 0 Å². The Morgan fingerprint density at radius 2 is 2.24 bits per heavy atom. The zero-order valence-corrected chi connectivity index (χ0v) is 13.2. The van der Waals surface area contributed by atoms with E-state index in [1.165, 1.54) is 5.56 Å². The first-order valence-electron chi connectivity index (χ1n) is 7.75. The van der Waals surface area contributed by atoms with Crippen molar-refractivity contribution >= 4 is 5.91 Å². The molecule has 1 aromatic carbocycles. The molecule has 0 radical (unpaired) electrons. The van der Waals surface area contributed by atoms with Crippen molar-refractivity contribution < 1.29 is 9.53 Å². The van der Waals surface area contributed by atoms with E-state index in [0.29, 0.717) is 5.92 Å². The van der Waals surface area contributed by atoms with Gasteiger partial charge in [-0.05, 0) is 43.4 Å². The lowest BCUT2D eigenvalue weighted by Crippen LogP contribution is -2.49. The summed E-state index contributed by atoms with van der Waals surface area (Å²) in [6.45, 7) is 7.17. The van der Waals surface area contributed by atoms with E-state index in [0.717, 1.165) is 25.1 Å². The Morgan fingerprint density at radius 3 is 2.90 bits per heavy atom. The molecule has 1 fully saturated rings. The Kier molecular flexibility index (Phi) is 5.23. The maximum atomic E-state index is 12.3. The molecule has 0 saturated carbocycles. The van der Waals surface area contributed by atoms with Crippen molar-refractivity contribution in [3.05, 3.63) is 29.8 Å². The van der Waals surface area contributed by atoms with Gasteiger partial charge >= 0.3 is 0 Å². The molecule has 2 atom stereocenters. The van der Waals surface area contributed by atoms with Crippen LogP contribution in [-0.2, 0) is 4.79 Å². The van der Waals surface area contributed by atoms with Crippen molar-refractivity contribution in [2.75, 3.05) is 13.2 Å². The van der Waals surface area contributed by atoms with Crippen molar-refractivity contribution in [1.82, 2.24) is 4.90 Å². The molecule has 1 saturated heterocycles. The van der Waals surface area contributed by atoms with Gasteiger partial charge < -0.3 is 15.4 Å². The number of amides is 1. The summed E-state index contributed by atoms with van der Waals surface area (Å²) in [5.41, 5.74) is 7.15. The molecule has 2 unspecified atom stereocenters. The quantitative estimate of drug-likeness (QED) is 0.927. The first-order chi connectivity index (χ1) is 9.97. The summed E-state index contributed by atoms with van der Waals surface area (Å²) in [6.07, 6.45) is 1.74. The third kappa shape index (κ3) is 4.21. The van der Waals surface area contributed by atoms with E-state index >= 15 is 0 Å². The molecule has 1 heterocycles. The molecule has 116 valence electrons. The number of ether oxygens (including phenoxy) is 1. The molecule has 4 heteroatoms. The van der Waals surface area contributed by atoms with Gasteiger partial charge in [-0.2, -0.15) is 0 Å². The van der Waals surface area contributed by atoms with Crippen molar-refractivity contribution in [2.24, 2.45) is 5.73 Å². The van der Waals surface area contributed by atoms with Gasteiger partial charge in [0.2, 0.25) is 0 Å². The summed E-state index contributed by atoms with van der Waals surface area (Å²) < 4.78 is 5.66. The number of piperidine rings is 1. The fourth-order valence-electron chi connectivity index (χ4n) is 2.77. The molecule has 2 rings (SSSR count). The van der Waals surface area contributed by atoms with Crippen molar-refractivity contribution in [3.8, 4) is 5.75 Å². The van der Waals surface area contributed by atoms with Crippen LogP contribution in [0.3, 0.4) is 0 Å². The SMILES string of the molecule is CC(C)c1cccc(OCC(=O)N2CCC(N)CC2C)c1. The predicted octanol–water partition coefficient (Wildman–Crippen LogP) is 2.53. The highest BCUT2D eigenvalue weighted by atomic mass is 16.5. The molecule has 0 aromatic heterocycles. The van der Waals surface area contributed by atoms with Gasteiger partial charge in [0.1, 0.15) is 5.75 Å². The van der Waals surface area contributed by atoms with Crippen molar-refractivity contribution in [3.63, 3.8) is 0 Å². The number of rotatable bonds is 4. The number of nitrogens with zero attached hydrogens (tertiary/aromatic N) is 1.